The van der Waals surface area contributed by atoms with Gasteiger partial charge in [-0.2, -0.15) is 0 Å². The lowest BCUT2D eigenvalue weighted by Crippen LogP contribution is -2.35. The normalized spacial score (nSPS) is 16.9. The Morgan fingerprint density at radius 2 is 1.94 bits per heavy atom. The molecule has 1 amide bonds. The zero-order valence-electron chi connectivity index (χ0n) is 17.6. The maximum absolute atomic E-state index is 13.5. The molecule has 0 bridgehead atoms. The quantitative estimate of drug-likeness (QED) is 0.615. The number of nitrogens with one attached hydrogen (secondary N) is 2. The number of hydrogen-bond donors (Lipinski definition) is 2. The minimum absolute atomic E-state index is 0.0954. The van der Waals surface area contributed by atoms with Crippen LogP contribution in [0.3, 0.4) is 0 Å². The number of fused-ring (bicyclic) bond motifs is 1. The van der Waals surface area contributed by atoms with Crippen molar-refractivity contribution in [1.29, 1.82) is 0 Å². The van der Waals surface area contributed by atoms with Crippen LogP contribution in [0.25, 0.3) is 11.0 Å². The zero-order chi connectivity index (χ0) is 21.5. The number of carbonyl (C=O) groups is 1. The fourth-order valence-electron chi connectivity index (χ4n) is 4.27. The monoisotopic (exact) mass is 418 g/mol. The fourth-order valence-corrected chi connectivity index (χ4v) is 4.27. The molecule has 0 saturated heterocycles. The molecular formula is C24H26N4O3. The molecule has 160 valence electrons. The van der Waals surface area contributed by atoms with Gasteiger partial charge in [-0.25, -0.2) is 9.78 Å². The Kier molecular flexibility index (Phi) is 4.96. The van der Waals surface area contributed by atoms with Gasteiger partial charge in [0, 0.05) is 18.2 Å². The van der Waals surface area contributed by atoms with Crippen molar-refractivity contribution in [3.63, 3.8) is 0 Å². The molecule has 2 aliphatic rings. The van der Waals surface area contributed by atoms with Crippen molar-refractivity contribution >= 4 is 16.9 Å². The summed E-state index contributed by atoms with van der Waals surface area (Å²) >= 11 is 0. The predicted octanol–water partition coefficient (Wildman–Crippen LogP) is 3.25. The molecule has 2 aromatic heterocycles. The van der Waals surface area contributed by atoms with Gasteiger partial charge in [-0.05, 0) is 49.7 Å². The van der Waals surface area contributed by atoms with E-state index in [0.29, 0.717) is 23.7 Å². The van der Waals surface area contributed by atoms with E-state index in [0.717, 1.165) is 43.4 Å². The smallest absolute Gasteiger partial charge is 0.329 e. The summed E-state index contributed by atoms with van der Waals surface area (Å²) in [5.74, 6) is 0.398. The van der Waals surface area contributed by atoms with E-state index in [1.165, 1.54) is 4.57 Å². The number of rotatable bonds is 7. The van der Waals surface area contributed by atoms with Gasteiger partial charge in [-0.1, -0.05) is 37.3 Å². The van der Waals surface area contributed by atoms with Crippen LogP contribution in [-0.4, -0.2) is 20.4 Å². The summed E-state index contributed by atoms with van der Waals surface area (Å²) in [4.78, 5) is 45.8. The molecule has 2 N–H and O–H groups in total. The first-order chi connectivity index (χ1) is 15.1. The van der Waals surface area contributed by atoms with Crippen LogP contribution < -0.4 is 16.6 Å². The van der Waals surface area contributed by atoms with Crippen LogP contribution in [0.5, 0.6) is 0 Å². The summed E-state index contributed by atoms with van der Waals surface area (Å²) in [6.45, 7) is 2.39. The van der Waals surface area contributed by atoms with Gasteiger partial charge < -0.3 is 5.32 Å². The summed E-state index contributed by atoms with van der Waals surface area (Å²) in [5.41, 5.74) is 1.43. The number of benzene rings is 1. The largest absolute Gasteiger partial charge is 0.345 e. The number of aryl methyl sites for hydroxylation is 1. The molecule has 1 unspecified atom stereocenters. The SMILES string of the molecule is CCCn1c(=O)[nH]c(=O)c2c(C(=O)NC(c3ccccc3)C3CC3)cc(C3CC3)nc21. The molecule has 2 aliphatic carbocycles. The van der Waals surface area contributed by atoms with E-state index >= 15 is 0 Å². The summed E-state index contributed by atoms with van der Waals surface area (Å²) < 4.78 is 1.48. The van der Waals surface area contributed by atoms with Crippen molar-refractivity contribution in [2.24, 2.45) is 5.92 Å². The van der Waals surface area contributed by atoms with Crippen molar-refractivity contribution in [3.8, 4) is 0 Å². The maximum atomic E-state index is 13.5. The first-order valence-electron chi connectivity index (χ1n) is 11.1. The summed E-state index contributed by atoms with van der Waals surface area (Å²) in [7, 11) is 0. The second-order valence-electron chi connectivity index (χ2n) is 8.68. The van der Waals surface area contributed by atoms with Crippen molar-refractivity contribution in [1.82, 2.24) is 19.9 Å². The molecule has 31 heavy (non-hydrogen) atoms. The van der Waals surface area contributed by atoms with Gasteiger partial charge in [0.25, 0.3) is 11.5 Å². The average Bonchev–Trinajstić information content (AvgIpc) is 3.67. The number of hydrogen-bond acceptors (Lipinski definition) is 4. The Hall–Kier alpha value is -3.22. The number of pyridine rings is 1. The minimum Gasteiger partial charge on any atom is -0.345 e. The number of amides is 1. The Morgan fingerprint density at radius 3 is 2.58 bits per heavy atom. The van der Waals surface area contributed by atoms with Gasteiger partial charge in [0.1, 0.15) is 0 Å². The first-order valence-corrected chi connectivity index (χ1v) is 11.1. The number of carbonyl (C=O) groups excluding carboxylic acids is 1. The number of nitrogens with zero attached hydrogens (tertiary/aromatic N) is 2. The second kappa shape index (κ2) is 7.80. The molecule has 7 nitrogen and oxygen atoms in total. The van der Waals surface area contributed by atoms with Crippen LogP contribution in [0.4, 0.5) is 0 Å². The lowest BCUT2D eigenvalue weighted by Gasteiger charge is -2.20. The van der Waals surface area contributed by atoms with Crippen molar-refractivity contribution in [2.45, 2.75) is 57.5 Å². The van der Waals surface area contributed by atoms with Gasteiger partial charge in [0.15, 0.2) is 5.65 Å². The van der Waals surface area contributed by atoms with Crippen LogP contribution in [0, 0.1) is 5.92 Å². The first kappa shape index (κ1) is 19.7. The lowest BCUT2D eigenvalue weighted by atomic mass is 10.0. The molecule has 2 heterocycles. The summed E-state index contributed by atoms with van der Waals surface area (Å²) in [6, 6.07) is 11.6. The molecule has 1 atom stereocenters. The lowest BCUT2D eigenvalue weighted by molar-refractivity contribution is 0.0933. The van der Waals surface area contributed by atoms with Gasteiger partial charge >= 0.3 is 5.69 Å². The second-order valence-corrected chi connectivity index (χ2v) is 8.68. The molecule has 2 fully saturated rings. The third-order valence-corrected chi connectivity index (χ3v) is 6.19. The highest BCUT2D eigenvalue weighted by molar-refractivity contribution is 6.05. The molecule has 7 heteroatoms. The molecule has 1 aromatic carbocycles. The topological polar surface area (TPSA) is 96.9 Å². The molecule has 0 radical (unpaired) electrons. The Balaban J connectivity index is 1.63. The third kappa shape index (κ3) is 3.80. The summed E-state index contributed by atoms with van der Waals surface area (Å²) in [5, 5.41) is 3.37. The minimum atomic E-state index is -0.560. The Morgan fingerprint density at radius 1 is 1.19 bits per heavy atom. The maximum Gasteiger partial charge on any atom is 0.329 e. The fraction of sp³-hybridized carbons (Fsp3) is 0.417. The molecule has 5 rings (SSSR count). The van der Waals surface area contributed by atoms with Gasteiger partial charge in [0.05, 0.1) is 17.0 Å². The van der Waals surface area contributed by atoms with E-state index in [-0.39, 0.29) is 23.3 Å². The van der Waals surface area contributed by atoms with Crippen LogP contribution in [-0.2, 0) is 6.54 Å². The van der Waals surface area contributed by atoms with Crippen LogP contribution in [0.1, 0.15) is 72.6 Å². The van der Waals surface area contributed by atoms with E-state index in [2.05, 4.69) is 15.3 Å². The standard InChI is InChI=1S/C24H26N4O3/c1-2-12-28-21-19(23(30)27-24(28)31)17(13-18(25-21)14-8-9-14)22(29)26-20(16-10-11-16)15-6-4-3-5-7-15/h3-7,13-14,16,20H,2,8-12H2,1H3,(H,26,29)(H,27,30,31). The van der Waals surface area contributed by atoms with E-state index in [1.54, 1.807) is 6.07 Å². The van der Waals surface area contributed by atoms with E-state index in [1.807, 2.05) is 37.3 Å². The summed E-state index contributed by atoms with van der Waals surface area (Å²) in [6.07, 6.45) is 4.88. The average molecular weight is 418 g/mol. The zero-order valence-corrected chi connectivity index (χ0v) is 17.6. The molecule has 3 aromatic rings. The molecule has 0 aliphatic heterocycles. The highest BCUT2D eigenvalue weighted by atomic mass is 16.2. The Bertz CT molecular complexity index is 1250. The molecule has 0 spiro atoms. The van der Waals surface area contributed by atoms with E-state index in [9.17, 15) is 14.4 Å². The van der Waals surface area contributed by atoms with Crippen molar-refractivity contribution in [3.05, 3.63) is 74.1 Å². The van der Waals surface area contributed by atoms with Gasteiger partial charge in [0.2, 0.25) is 0 Å². The molecule has 2 saturated carbocycles. The number of aromatic nitrogens is 3. The van der Waals surface area contributed by atoms with Crippen LogP contribution >= 0.6 is 0 Å². The third-order valence-electron chi connectivity index (χ3n) is 6.19. The number of H-pyrrole nitrogens is 1. The van der Waals surface area contributed by atoms with Crippen molar-refractivity contribution < 1.29 is 4.79 Å². The molecular weight excluding hydrogens is 392 g/mol. The van der Waals surface area contributed by atoms with Crippen molar-refractivity contribution in [2.75, 3.05) is 0 Å². The van der Waals surface area contributed by atoms with Gasteiger partial charge in [-0.15, -0.1) is 0 Å². The predicted molar refractivity (Wildman–Crippen MR) is 118 cm³/mol. The van der Waals surface area contributed by atoms with Crippen LogP contribution in [0.15, 0.2) is 46.0 Å². The van der Waals surface area contributed by atoms with E-state index < -0.39 is 11.2 Å². The highest BCUT2D eigenvalue weighted by Gasteiger charge is 2.35. The number of aromatic amines is 1. The van der Waals surface area contributed by atoms with Crippen LogP contribution in [0.2, 0.25) is 0 Å². The Labute approximate surface area is 179 Å². The highest BCUT2D eigenvalue weighted by Crippen LogP contribution is 2.42. The van der Waals surface area contributed by atoms with Gasteiger partial charge in [-0.3, -0.25) is 19.1 Å². The van der Waals surface area contributed by atoms with E-state index in [4.69, 9.17) is 0 Å².